The van der Waals surface area contributed by atoms with Gasteiger partial charge in [0.15, 0.2) is 0 Å². The van der Waals surface area contributed by atoms with Crippen LogP contribution in [0, 0.1) is 24.0 Å². The molecule has 0 fully saturated rings. The summed E-state index contributed by atoms with van der Waals surface area (Å²) < 4.78 is 11.9. The molecular formula is C30H44Cl2O2Si3Zr-2. The van der Waals surface area contributed by atoms with Crippen LogP contribution in [0.3, 0.4) is 0 Å². The molecule has 208 valence electrons. The van der Waals surface area contributed by atoms with Gasteiger partial charge in [0.25, 0.3) is 0 Å². The van der Waals surface area contributed by atoms with Gasteiger partial charge >= 0.3 is 41.9 Å². The van der Waals surface area contributed by atoms with E-state index in [4.69, 9.17) is 8.83 Å². The summed E-state index contributed by atoms with van der Waals surface area (Å²) in [6.45, 7) is 27.0. The quantitative estimate of drug-likeness (QED) is 0.365. The molecule has 0 spiro atoms. The van der Waals surface area contributed by atoms with E-state index in [0.717, 1.165) is 22.7 Å². The van der Waals surface area contributed by atoms with E-state index in [0.29, 0.717) is 11.8 Å². The summed E-state index contributed by atoms with van der Waals surface area (Å²) in [4.78, 5) is 0. The second-order valence-corrected chi connectivity index (χ2v) is 31.5. The Morgan fingerprint density at radius 1 is 0.684 bits per heavy atom. The topological polar surface area (TPSA) is 26.3 Å². The Balaban J connectivity index is 0.000000604. The average Bonchev–Trinajstić information content (AvgIpc) is 3.50. The molecule has 8 heteroatoms. The molecule has 2 unspecified atom stereocenters. The predicted octanol–water partition coefficient (Wildman–Crippen LogP) is 2.01. The first kappa shape index (κ1) is 37.6. The van der Waals surface area contributed by atoms with E-state index in [9.17, 15) is 0 Å². The van der Waals surface area contributed by atoms with Gasteiger partial charge in [-0.2, -0.15) is 35.5 Å². The Bertz CT molecular complexity index is 1110. The third kappa shape index (κ3) is 11.3. The van der Waals surface area contributed by atoms with Crippen molar-refractivity contribution >= 4 is 43.5 Å². The van der Waals surface area contributed by atoms with Gasteiger partial charge in [0.2, 0.25) is 0 Å². The van der Waals surface area contributed by atoms with E-state index in [-0.39, 0.29) is 30.2 Å². The molecule has 2 aromatic rings. The van der Waals surface area contributed by atoms with Gasteiger partial charge in [-0.3, -0.25) is 0 Å². The van der Waals surface area contributed by atoms with E-state index >= 15 is 0 Å². The summed E-state index contributed by atoms with van der Waals surface area (Å²) in [5, 5.41) is 2.34. The van der Waals surface area contributed by atoms with Crippen molar-refractivity contribution in [2.24, 2.45) is 11.8 Å². The van der Waals surface area contributed by atoms with Gasteiger partial charge in [0, 0.05) is 11.5 Å². The molecule has 0 saturated heterocycles. The number of hydrogen-bond acceptors (Lipinski definition) is 2. The van der Waals surface area contributed by atoms with Crippen molar-refractivity contribution in [3.8, 4) is 0 Å². The fraction of sp³-hybridized carbons (Fsp3) is 0.467. The molecule has 0 amide bonds. The molecule has 2 nitrogen and oxygen atoms in total. The zero-order chi connectivity index (χ0) is 27.4. The smallest absolute Gasteiger partial charge is 1.00 e. The first-order chi connectivity index (χ1) is 16.5. The molecule has 0 saturated carbocycles. The van der Waals surface area contributed by atoms with Crippen molar-refractivity contribution in [3.05, 3.63) is 71.2 Å². The fourth-order valence-corrected chi connectivity index (χ4v) is 5.54. The summed E-state index contributed by atoms with van der Waals surface area (Å²) in [7, 11) is -2.65. The zero-order valence-corrected chi connectivity index (χ0v) is 32.2. The first-order valence-electron chi connectivity index (χ1n) is 12.9. The van der Waals surface area contributed by atoms with Gasteiger partial charge < -0.3 is 33.6 Å². The van der Waals surface area contributed by atoms with Gasteiger partial charge in [-0.25, -0.2) is 0 Å². The van der Waals surface area contributed by atoms with E-state index in [1.54, 1.807) is 23.3 Å². The molecule has 38 heavy (non-hydrogen) atoms. The molecule has 2 aliphatic rings. The van der Waals surface area contributed by atoms with Crippen LogP contribution in [0.2, 0.25) is 52.4 Å². The monoisotopic (exact) mass is 680 g/mol. The maximum atomic E-state index is 5.95. The summed E-state index contributed by atoms with van der Waals surface area (Å²) in [6.07, 6.45) is 11.2. The van der Waals surface area contributed by atoms with Crippen LogP contribution in [-0.2, 0) is 23.3 Å². The van der Waals surface area contributed by atoms with Crippen LogP contribution < -0.4 is 35.6 Å². The average molecular weight is 683 g/mol. The van der Waals surface area contributed by atoms with Crippen molar-refractivity contribution in [2.75, 3.05) is 0 Å². The van der Waals surface area contributed by atoms with Crippen LogP contribution in [0.5, 0.6) is 0 Å². The van der Waals surface area contributed by atoms with E-state index in [2.05, 4.69) is 129 Å². The molecule has 2 heterocycles. The number of allylic oxidation sites excluding steroid dienone is 8. The SMILES string of the molecule is CC1=CC(c2ccc([Si](C)(C)C)o2)=[C-]C1C.CC1=CC(c2ccc([Si](C)(C)C)o2)=[C-]C1C.C[Si](C)=[Zr+2].[Cl-].[Cl-]. The third-order valence-corrected chi connectivity index (χ3v) is 9.57. The molecule has 2 aromatic heterocycles. The Labute approximate surface area is 261 Å². The van der Waals surface area contributed by atoms with E-state index in [1.165, 1.54) is 21.9 Å². The first-order valence-corrected chi connectivity index (χ1v) is 26.0. The molecule has 2 atom stereocenters. The van der Waals surface area contributed by atoms with Gasteiger partial charge in [-0.1, -0.05) is 90.9 Å². The van der Waals surface area contributed by atoms with Crippen LogP contribution in [-0.4, -0.2) is 21.6 Å². The summed E-state index contributed by atoms with van der Waals surface area (Å²) >= 11 is 1.74. The van der Waals surface area contributed by atoms with Crippen molar-refractivity contribution in [1.29, 1.82) is 0 Å². The summed E-state index contributed by atoms with van der Waals surface area (Å²) in [5.41, 5.74) is 5.17. The second kappa shape index (κ2) is 15.6. The summed E-state index contributed by atoms with van der Waals surface area (Å²) in [5.74, 6) is 2.80. The maximum Gasteiger partial charge on any atom is -1.00 e. The van der Waals surface area contributed by atoms with Crippen molar-refractivity contribution in [3.63, 3.8) is 0 Å². The Hall–Kier alpha value is -0.366. The minimum atomic E-state index is -1.33. The van der Waals surface area contributed by atoms with Gasteiger partial charge in [-0.05, 0) is 12.1 Å². The standard InChI is InChI=1S/2C14H19OSi.C2H6Si.2ClH.Zr/c2*1-10-8-12(9-11(10)2)13-6-7-14(15-13)16(3,4)5;1-3-2;;;/h2*6-8,11H,1-5H3;1-2H3;2*1H;/q2*-1;;;;+2/p-2. The molecule has 0 aromatic carbocycles. The molecule has 0 aliphatic heterocycles. The molecular weight excluding hydrogens is 639 g/mol. The molecule has 2 aliphatic carbocycles. The van der Waals surface area contributed by atoms with Gasteiger partial charge in [-0.15, -0.1) is 11.1 Å². The van der Waals surface area contributed by atoms with Crippen LogP contribution in [0.15, 0.2) is 56.4 Å². The largest absolute Gasteiger partial charge is 1.00 e. The van der Waals surface area contributed by atoms with E-state index < -0.39 is 16.1 Å². The van der Waals surface area contributed by atoms with Crippen molar-refractivity contribution in [1.82, 2.24) is 0 Å². The molecule has 4 rings (SSSR count). The van der Waals surface area contributed by atoms with E-state index in [1.807, 2.05) is 0 Å². The Morgan fingerprint density at radius 3 is 1.16 bits per heavy atom. The number of furan rings is 2. The predicted molar refractivity (Wildman–Crippen MR) is 160 cm³/mol. The van der Waals surface area contributed by atoms with Crippen LogP contribution in [0.25, 0.3) is 11.1 Å². The minimum Gasteiger partial charge on any atom is -1.00 e. The van der Waals surface area contributed by atoms with Crippen molar-refractivity contribution in [2.45, 2.75) is 80.1 Å². The van der Waals surface area contributed by atoms with Gasteiger partial charge in [0.05, 0.1) is 10.8 Å². The zero-order valence-electron chi connectivity index (χ0n) is 25.2. The normalized spacial score (nSPS) is 18.4. The fourth-order valence-electron chi connectivity index (χ4n) is 3.54. The minimum absolute atomic E-state index is 0. The number of halogens is 2. The second-order valence-electron chi connectivity index (χ2n) is 12.2. The summed E-state index contributed by atoms with van der Waals surface area (Å²) in [6, 6.07) is 8.42. The molecule has 0 bridgehead atoms. The van der Waals surface area contributed by atoms with Crippen LogP contribution in [0.4, 0.5) is 0 Å². The Kier molecular flexibility index (Phi) is 15.4. The number of hydrogen-bond donors (Lipinski definition) is 0. The van der Waals surface area contributed by atoms with Crippen LogP contribution in [0.1, 0.15) is 39.2 Å². The molecule has 0 N–H and O–H groups in total. The van der Waals surface area contributed by atoms with Crippen LogP contribution >= 0.6 is 0 Å². The number of rotatable bonds is 4. The Morgan fingerprint density at radius 2 is 0.974 bits per heavy atom. The van der Waals surface area contributed by atoms with Gasteiger partial charge in [0.1, 0.15) is 16.1 Å². The molecule has 0 radical (unpaired) electrons. The maximum absolute atomic E-state index is 5.95. The third-order valence-electron chi connectivity index (χ3n) is 6.08. The van der Waals surface area contributed by atoms with Crippen molar-refractivity contribution < 1.29 is 57.0 Å².